The van der Waals surface area contributed by atoms with E-state index in [0.717, 1.165) is 0 Å². The molecule has 3 rings (SSSR count). The lowest BCUT2D eigenvalue weighted by molar-refractivity contribution is 0.380. The van der Waals surface area contributed by atoms with E-state index in [1.165, 1.54) is 0 Å². The van der Waals surface area contributed by atoms with Crippen molar-refractivity contribution < 1.29 is 18.5 Å². The Balaban J connectivity index is 2.00. The summed E-state index contributed by atoms with van der Waals surface area (Å²) in [5.41, 5.74) is 0.671. The molecule has 0 atom stereocenters. The van der Waals surface area contributed by atoms with Crippen molar-refractivity contribution in [1.82, 2.24) is 20.3 Å². The molecule has 0 unspecified atom stereocenters. The molecule has 8 nitrogen and oxygen atoms in total. The molecule has 2 aromatic heterocycles. The molecule has 0 aliphatic rings. The van der Waals surface area contributed by atoms with Gasteiger partial charge in [0.05, 0.1) is 19.8 Å². The van der Waals surface area contributed by atoms with Crippen LogP contribution in [-0.4, -0.2) is 34.5 Å². The average molecular weight is 288 g/mol. The molecule has 108 valence electrons. The predicted molar refractivity (Wildman–Crippen MR) is 70.9 cm³/mol. The van der Waals surface area contributed by atoms with Crippen LogP contribution in [0.2, 0.25) is 0 Å². The second-order valence-electron chi connectivity index (χ2n) is 4.14. The number of benzene rings is 1. The zero-order valence-corrected chi connectivity index (χ0v) is 11.7. The minimum atomic E-state index is 0.156. The highest BCUT2D eigenvalue weighted by Gasteiger charge is 2.18. The standard InChI is InChI=1S/C13H12N4O4/c1-7-14-12(20-16-7)13-15-11(17-21-13)9-5-4-8(18-2)6-10(9)19-3/h4-6H,1-3H3. The monoisotopic (exact) mass is 288 g/mol. The number of ether oxygens (including phenoxy) is 2. The second kappa shape index (κ2) is 5.23. The summed E-state index contributed by atoms with van der Waals surface area (Å²) in [5.74, 6) is 2.43. The van der Waals surface area contributed by atoms with Crippen LogP contribution in [0.4, 0.5) is 0 Å². The molecule has 0 fully saturated rings. The Hall–Kier alpha value is -2.90. The first kappa shape index (κ1) is 13.1. The summed E-state index contributed by atoms with van der Waals surface area (Å²) in [6.07, 6.45) is 0. The van der Waals surface area contributed by atoms with Crippen molar-refractivity contribution in [3.8, 4) is 34.7 Å². The van der Waals surface area contributed by atoms with Crippen molar-refractivity contribution in [1.29, 1.82) is 0 Å². The van der Waals surface area contributed by atoms with Crippen molar-refractivity contribution in [3.63, 3.8) is 0 Å². The maximum Gasteiger partial charge on any atom is 0.316 e. The van der Waals surface area contributed by atoms with Crippen molar-refractivity contribution in [2.75, 3.05) is 14.2 Å². The smallest absolute Gasteiger partial charge is 0.316 e. The largest absolute Gasteiger partial charge is 0.497 e. The molecule has 0 aliphatic heterocycles. The Labute approximate surface area is 119 Å². The Bertz CT molecular complexity index is 765. The molecule has 0 saturated heterocycles. The van der Waals surface area contributed by atoms with Gasteiger partial charge in [-0.1, -0.05) is 10.3 Å². The molecule has 0 bridgehead atoms. The Morgan fingerprint density at radius 1 is 0.952 bits per heavy atom. The van der Waals surface area contributed by atoms with Gasteiger partial charge < -0.3 is 18.5 Å². The lowest BCUT2D eigenvalue weighted by Gasteiger charge is -2.07. The van der Waals surface area contributed by atoms with E-state index in [9.17, 15) is 0 Å². The fourth-order valence-electron chi connectivity index (χ4n) is 1.79. The highest BCUT2D eigenvalue weighted by Crippen LogP contribution is 2.32. The average Bonchev–Trinajstić information content (AvgIpc) is 3.15. The van der Waals surface area contributed by atoms with E-state index < -0.39 is 0 Å². The minimum absolute atomic E-state index is 0.156. The molecule has 8 heteroatoms. The number of aromatic nitrogens is 4. The van der Waals surface area contributed by atoms with Gasteiger partial charge in [0.1, 0.15) is 11.5 Å². The molecular formula is C13H12N4O4. The van der Waals surface area contributed by atoms with Gasteiger partial charge in [0.15, 0.2) is 5.82 Å². The van der Waals surface area contributed by atoms with Crippen LogP contribution in [-0.2, 0) is 0 Å². The van der Waals surface area contributed by atoms with Gasteiger partial charge in [0.25, 0.3) is 0 Å². The summed E-state index contributed by atoms with van der Waals surface area (Å²) in [4.78, 5) is 8.27. The van der Waals surface area contributed by atoms with Crippen LogP contribution in [0.3, 0.4) is 0 Å². The fraction of sp³-hybridized carbons (Fsp3) is 0.231. The molecule has 0 amide bonds. The van der Waals surface area contributed by atoms with Crippen LogP contribution in [0, 0.1) is 6.92 Å². The first-order valence-electron chi connectivity index (χ1n) is 6.08. The van der Waals surface area contributed by atoms with Crippen LogP contribution in [0.1, 0.15) is 5.82 Å². The Morgan fingerprint density at radius 3 is 2.38 bits per heavy atom. The van der Waals surface area contributed by atoms with Crippen LogP contribution in [0.15, 0.2) is 27.2 Å². The normalized spacial score (nSPS) is 10.6. The molecule has 0 saturated carbocycles. The maximum atomic E-state index is 5.31. The summed E-state index contributed by atoms with van der Waals surface area (Å²) in [6.45, 7) is 1.71. The van der Waals surface area contributed by atoms with E-state index in [0.29, 0.717) is 28.7 Å². The van der Waals surface area contributed by atoms with Crippen molar-refractivity contribution >= 4 is 0 Å². The van der Waals surface area contributed by atoms with E-state index in [1.54, 1.807) is 39.3 Å². The van der Waals surface area contributed by atoms with Gasteiger partial charge in [-0.25, -0.2) is 0 Å². The lowest BCUT2D eigenvalue weighted by Crippen LogP contribution is -1.91. The highest BCUT2D eigenvalue weighted by atomic mass is 16.5. The summed E-state index contributed by atoms with van der Waals surface area (Å²) in [7, 11) is 3.14. The quantitative estimate of drug-likeness (QED) is 0.720. The topological polar surface area (TPSA) is 96.3 Å². The molecule has 1 aromatic carbocycles. The number of nitrogens with zero attached hydrogens (tertiary/aromatic N) is 4. The molecule has 0 aliphatic carbocycles. The first-order valence-corrected chi connectivity index (χ1v) is 6.08. The molecule has 21 heavy (non-hydrogen) atoms. The highest BCUT2D eigenvalue weighted by molar-refractivity contribution is 5.66. The van der Waals surface area contributed by atoms with Crippen LogP contribution < -0.4 is 9.47 Å². The predicted octanol–water partition coefficient (Wildman–Crippen LogP) is 2.11. The summed E-state index contributed by atoms with van der Waals surface area (Å²) in [6, 6.07) is 5.30. The van der Waals surface area contributed by atoms with Crippen molar-refractivity contribution in [3.05, 3.63) is 24.0 Å². The van der Waals surface area contributed by atoms with Gasteiger partial charge in [-0.3, -0.25) is 0 Å². The molecule has 0 N–H and O–H groups in total. The van der Waals surface area contributed by atoms with Gasteiger partial charge >= 0.3 is 11.8 Å². The SMILES string of the molecule is COc1ccc(-c2noc(-c3nc(C)no3)n2)c(OC)c1. The van der Waals surface area contributed by atoms with Gasteiger partial charge in [-0.15, -0.1) is 0 Å². The second-order valence-corrected chi connectivity index (χ2v) is 4.14. The fourth-order valence-corrected chi connectivity index (χ4v) is 1.79. The van der Waals surface area contributed by atoms with E-state index >= 15 is 0 Å². The number of methoxy groups -OCH3 is 2. The number of hydrogen-bond acceptors (Lipinski definition) is 8. The number of aryl methyl sites for hydroxylation is 1. The molecule has 0 radical (unpaired) electrons. The van der Waals surface area contributed by atoms with Crippen LogP contribution >= 0.6 is 0 Å². The summed E-state index contributed by atoms with van der Waals surface area (Å²) in [5, 5.41) is 7.58. The summed E-state index contributed by atoms with van der Waals surface area (Å²) >= 11 is 0. The van der Waals surface area contributed by atoms with Gasteiger partial charge in [0, 0.05) is 6.07 Å². The zero-order chi connectivity index (χ0) is 14.8. The van der Waals surface area contributed by atoms with E-state index in [-0.39, 0.29) is 11.8 Å². The van der Waals surface area contributed by atoms with Gasteiger partial charge in [-0.05, 0) is 19.1 Å². The summed E-state index contributed by atoms with van der Waals surface area (Å²) < 4.78 is 20.6. The minimum Gasteiger partial charge on any atom is -0.497 e. The molecule has 2 heterocycles. The van der Waals surface area contributed by atoms with E-state index in [4.69, 9.17) is 18.5 Å². The van der Waals surface area contributed by atoms with Gasteiger partial charge in [0.2, 0.25) is 5.82 Å². The third-order valence-electron chi connectivity index (χ3n) is 2.79. The first-order chi connectivity index (χ1) is 10.2. The zero-order valence-electron chi connectivity index (χ0n) is 11.7. The van der Waals surface area contributed by atoms with E-state index in [2.05, 4.69) is 20.3 Å². The number of hydrogen-bond donors (Lipinski definition) is 0. The number of rotatable bonds is 4. The maximum absolute atomic E-state index is 5.31. The Morgan fingerprint density at radius 2 is 1.71 bits per heavy atom. The molecule has 0 spiro atoms. The molecule has 3 aromatic rings. The Kier molecular flexibility index (Phi) is 3.27. The third kappa shape index (κ3) is 2.42. The third-order valence-corrected chi connectivity index (χ3v) is 2.79. The van der Waals surface area contributed by atoms with Crippen LogP contribution in [0.25, 0.3) is 23.2 Å². The van der Waals surface area contributed by atoms with Crippen molar-refractivity contribution in [2.45, 2.75) is 6.92 Å². The van der Waals surface area contributed by atoms with Gasteiger partial charge in [-0.2, -0.15) is 9.97 Å². The van der Waals surface area contributed by atoms with Crippen molar-refractivity contribution in [2.24, 2.45) is 0 Å². The molecular weight excluding hydrogens is 276 g/mol. The lowest BCUT2D eigenvalue weighted by atomic mass is 10.2. The van der Waals surface area contributed by atoms with E-state index in [1.807, 2.05) is 0 Å². The van der Waals surface area contributed by atoms with Crippen LogP contribution in [0.5, 0.6) is 11.5 Å².